The third-order valence-electron chi connectivity index (χ3n) is 7.38. The van der Waals surface area contributed by atoms with Crippen molar-refractivity contribution in [2.24, 2.45) is 11.8 Å². The minimum Gasteiger partial charge on any atom is -1.00 e. The van der Waals surface area contributed by atoms with Crippen LogP contribution in [0.15, 0.2) is 48.0 Å². The fourth-order valence-corrected chi connectivity index (χ4v) is 6.02. The number of benzene rings is 2. The minimum atomic E-state index is -0.142. The Morgan fingerprint density at radius 2 is 1.91 bits per heavy atom. The Morgan fingerprint density at radius 1 is 1.12 bits per heavy atom. The Morgan fingerprint density at radius 3 is 2.59 bits per heavy atom. The smallest absolute Gasteiger partial charge is 0.255 e. The highest BCUT2D eigenvalue weighted by molar-refractivity contribution is 6.30. The van der Waals surface area contributed by atoms with E-state index >= 15 is 0 Å². The van der Waals surface area contributed by atoms with Gasteiger partial charge in [-0.05, 0) is 61.6 Å². The van der Waals surface area contributed by atoms with E-state index in [1.165, 1.54) is 31.2 Å². The van der Waals surface area contributed by atoms with Gasteiger partial charge in [0, 0.05) is 34.2 Å². The monoisotopic (exact) mass is 472 g/mol. The lowest BCUT2D eigenvalue weighted by Gasteiger charge is -2.40. The molecule has 1 N–H and O–H groups in total. The maximum absolute atomic E-state index is 12.7. The Bertz CT molecular complexity index is 1030. The van der Waals surface area contributed by atoms with E-state index in [4.69, 9.17) is 16.3 Å². The fourth-order valence-electron chi connectivity index (χ4n) is 5.84. The second-order valence-corrected chi connectivity index (χ2v) is 10.4. The van der Waals surface area contributed by atoms with Crippen LogP contribution in [0.25, 0.3) is 6.08 Å². The molecule has 1 heterocycles. The van der Waals surface area contributed by atoms with Crippen molar-refractivity contribution in [1.29, 1.82) is 0 Å². The zero-order valence-electron chi connectivity index (χ0n) is 18.6. The van der Waals surface area contributed by atoms with E-state index in [0.29, 0.717) is 10.6 Å². The van der Waals surface area contributed by atoms with Gasteiger partial charge in [-0.1, -0.05) is 23.7 Å². The fraction of sp³-hybridized carbons (Fsp3) is 0.423. The van der Waals surface area contributed by atoms with Gasteiger partial charge in [0.05, 0.1) is 25.7 Å². The van der Waals surface area contributed by atoms with E-state index < -0.39 is 0 Å². The first-order valence-corrected chi connectivity index (χ1v) is 11.6. The van der Waals surface area contributed by atoms with Crippen LogP contribution in [0, 0.1) is 11.8 Å². The van der Waals surface area contributed by atoms with Crippen molar-refractivity contribution >= 4 is 29.3 Å². The molecule has 3 unspecified atom stereocenters. The quantitative estimate of drug-likeness (QED) is 0.678. The first-order chi connectivity index (χ1) is 14.9. The second-order valence-electron chi connectivity index (χ2n) is 9.97. The zero-order valence-corrected chi connectivity index (χ0v) is 20.1. The van der Waals surface area contributed by atoms with Crippen LogP contribution in [0.2, 0.25) is 5.02 Å². The van der Waals surface area contributed by atoms with Gasteiger partial charge in [0.1, 0.15) is 18.9 Å². The molecule has 5 rings (SSSR count). The maximum atomic E-state index is 12.7. The van der Waals surface area contributed by atoms with Crippen molar-refractivity contribution in [3.8, 4) is 5.75 Å². The molecule has 2 aliphatic carbocycles. The minimum absolute atomic E-state index is 0. The van der Waals surface area contributed by atoms with Gasteiger partial charge in [0.15, 0.2) is 0 Å². The van der Waals surface area contributed by atoms with Gasteiger partial charge >= 0.3 is 0 Å². The van der Waals surface area contributed by atoms with Crippen molar-refractivity contribution in [3.63, 3.8) is 0 Å². The van der Waals surface area contributed by atoms with Crippen LogP contribution in [-0.2, 0) is 11.3 Å². The molecule has 1 aliphatic heterocycles. The molecule has 2 fully saturated rings. The molecule has 2 aromatic rings. The summed E-state index contributed by atoms with van der Waals surface area (Å²) >= 11 is 6.07. The molecule has 0 saturated heterocycles. The van der Waals surface area contributed by atoms with Crippen molar-refractivity contribution in [2.45, 2.75) is 38.3 Å². The predicted molar refractivity (Wildman–Crippen MR) is 125 cm³/mol. The standard InChI is InChI=1S/C26H29ClN2O2.ClH/c1-29(2,24-12-18-3-6-19(24)11-18)15-17-4-8-23(9-5-17)28-26(30)21-13-20-14-22(27)7-10-25(20)31-16-21;/h4-5,7-10,13-14,18-19,24H,3,6,11-12,15-16H2,1-2H3;1H. The van der Waals surface area contributed by atoms with Crippen molar-refractivity contribution in [3.05, 3.63) is 64.2 Å². The van der Waals surface area contributed by atoms with E-state index in [0.717, 1.165) is 45.9 Å². The number of hydrogen-bond acceptors (Lipinski definition) is 2. The van der Waals surface area contributed by atoms with Crippen LogP contribution in [-0.4, -0.2) is 37.1 Å². The number of nitrogens with zero attached hydrogens (tertiary/aromatic N) is 1. The maximum Gasteiger partial charge on any atom is 0.255 e. The molecule has 0 spiro atoms. The van der Waals surface area contributed by atoms with Crippen LogP contribution in [0.5, 0.6) is 5.75 Å². The lowest BCUT2D eigenvalue weighted by atomic mass is 9.92. The number of fused-ring (bicyclic) bond motifs is 3. The highest BCUT2D eigenvalue weighted by Crippen LogP contribution is 2.48. The second kappa shape index (κ2) is 9.09. The number of amides is 1. The molecule has 1 amide bonds. The molecule has 32 heavy (non-hydrogen) atoms. The molecule has 4 nitrogen and oxygen atoms in total. The van der Waals surface area contributed by atoms with E-state index in [2.05, 4.69) is 31.5 Å². The Kier molecular flexibility index (Phi) is 6.58. The average Bonchev–Trinajstić information content (AvgIpc) is 3.38. The molecule has 3 aliphatic rings. The summed E-state index contributed by atoms with van der Waals surface area (Å²) in [6.07, 6.45) is 7.53. The molecule has 6 heteroatoms. The lowest BCUT2D eigenvalue weighted by molar-refractivity contribution is -0.931. The summed E-state index contributed by atoms with van der Waals surface area (Å²) < 4.78 is 6.76. The van der Waals surface area contributed by atoms with Crippen LogP contribution >= 0.6 is 11.6 Å². The van der Waals surface area contributed by atoms with Crippen molar-refractivity contribution in [1.82, 2.24) is 0 Å². The number of nitrogens with one attached hydrogen (secondary N) is 1. The third kappa shape index (κ3) is 4.68. The summed E-state index contributed by atoms with van der Waals surface area (Å²) in [5.41, 5.74) is 3.54. The SMILES string of the molecule is C[N+](C)(Cc1ccc(NC(=O)C2=Cc3cc(Cl)ccc3OC2)cc1)C1CC2CCC1C2.[Cl-]. The molecule has 2 saturated carbocycles. The molecule has 0 radical (unpaired) electrons. The topological polar surface area (TPSA) is 38.3 Å². The number of carbonyl (C=O) groups is 1. The van der Waals surface area contributed by atoms with Gasteiger partial charge in [0.25, 0.3) is 5.91 Å². The van der Waals surface area contributed by atoms with Gasteiger partial charge in [-0.3, -0.25) is 4.79 Å². The third-order valence-corrected chi connectivity index (χ3v) is 7.61. The number of carbonyl (C=O) groups excluding carboxylic acids is 1. The summed E-state index contributed by atoms with van der Waals surface area (Å²) in [5.74, 6) is 2.48. The van der Waals surface area contributed by atoms with E-state index in [1.807, 2.05) is 30.3 Å². The van der Waals surface area contributed by atoms with Gasteiger partial charge in [-0.25, -0.2) is 0 Å². The van der Waals surface area contributed by atoms with Gasteiger partial charge in [-0.2, -0.15) is 0 Å². The van der Waals surface area contributed by atoms with Gasteiger partial charge < -0.3 is 26.9 Å². The summed E-state index contributed by atoms with van der Waals surface area (Å²) in [7, 11) is 4.75. The first-order valence-electron chi connectivity index (χ1n) is 11.2. The van der Waals surface area contributed by atoms with Gasteiger partial charge in [-0.15, -0.1) is 0 Å². The average molecular weight is 473 g/mol. The van der Waals surface area contributed by atoms with Crippen LogP contribution in [0.1, 0.15) is 36.8 Å². The molecule has 2 aromatic carbocycles. The summed E-state index contributed by atoms with van der Waals surface area (Å²) in [6, 6.07) is 14.5. The molecule has 0 aromatic heterocycles. The largest absolute Gasteiger partial charge is 1.00 e. The van der Waals surface area contributed by atoms with Crippen molar-refractivity contribution in [2.75, 3.05) is 26.0 Å². The van der Waals surface area contributed by atoms with Crippen LogP contribution < -0.4 is 22.5 Å². The number of rotatable bonds is 5. The summed E-state index contributed by atoms with van der Waals surface area (Å²) in [6.45, 7) is 1.28. The predicted octanol–water partition coefficient (Wildman–Crippen LogP) is 2.52. The summed E-state index contributed by atoms with van der Waals surface area (Å²) in [4.78, 5) is 12.7. The highest BCUT2D eigenvalue weighted by atomic mass is 35.5. The van der Waals surface area contributed by atoms with Crippen LogP contribution in [0.3, 0.4) is 0 Å². The van der Waals surface area contributed by atoms with Gasteiger partial charge in [0.2, 0.25) is 0 Å². The first kappa shape index (κ1) is 23.2. The van der Waals surface area contributed by atoms with Crippen molar-refractivity contribution < 1.29 is 26.4 Å². The lowest BCUT2D eigenvalue weighted by Crippen LogP contribution is -3.00. The number of ether oxygens (including phenoxy) is 1. The van der Waals surface area contributed by atoms with E-state index in [9.17, 15) is 4.79 Å². The van der Waals surface area contributed by atoms with E-state index in [1.54, 1.807) is 6.07 Å². The highest BCUT2D eigenvalue weighted by Gasteiger charge is 2.47. The Balaban J connectivity index is 0.00000245. The molecule has 170 valence electrons. The zero-order chi connectivity index (χ0) is 21.6. The Hall–Kier alpha value is -2.01. The number of halogens is 2. The number of hydrogen-bond donors (Lipinski definition) is 1. The molecular weight excluding hydrogens is 443 g/mol. The number of anilines is 1. The number of quaternary nitrogens is 1. The molecule has 3 atom stereocenters. The van der Waals surface area contributed by atoms with Crippen LogP contribution in [0.4, 0.5) is 5.69 Å². The summed E-state index contributed by atoms with van der Waals surface area (Å²) in [5, 5.41) is 3.63. The Labute approximate surface area is 201 Å². The molecule has 2 bridgehead atoms. The molecular formula is C26H30Cl2N2O2. The van der Waals surface area contributed by atoms with E-state index in [-0.39, 0.29) is 24.9 Å². The normalized spacial score (nSPS) is 23.6.